The molecular weight excluding hydrogens is 414 g/mol. The Kier molecular flexibility index (Phi) is 6.06. The van der Waals surface area contributed by atoms with Gasteiger partial charge in [0.15, 0.2) is 5.13 Å². The summed E-state index contributed by atoms with van der Waals surface area (Å²) >= 11 is 1.64. The van der Waals surface area contributed by atoms with E-state index in [1.54, 1.807) is 11.3 Å². The number of allylic oxidation sites excluding steroid dienone is 1. The number of thiazole rings is 1. The predicted octanol–water partition coefficient (Wildman–Crippen LogP) is 7.12. The number of amides is 1. The molecule has 2 aromatic heterocycles. The molecule has 3 aromatic rings. The fourth-order valence-corrected chi connectivity index (χ4v) is 5.92. The SMILES string of the molecule is C=CCn1c(C(=O)Nc2nc3c(s2)CC(C(C)(C)C)CC3)c(C)c2cc(C(C)C)ccc21. The van der Waals surface area contributed by atoms with Crippen molar-refractivity contribution in [2.75, 3.05) is 5.32 Å². The van der Waals surface area contributed by atoms with Gasteiger partial charge < -0.3 is 4.57 Å². The van der Waals surface area contributed by atoms with E-state index in [4.69, 9.17) is 4.98 Å². The summed E-state index contributed by atoms with van der Waals surface area (Å²) in [6.07, 6.45) is 5.07. The van der Waals surface area contributed by atoms with E-state index < -0.39 is 0 Å². The minimum atomic E-state index is -0.0925. The lowest BCUT2D eigenvalue weighted by Gasteiger charge is -2.33. The maximum absolute atomic E-state index is 13.5. The minimum absolute atomic E-state index is 0.0925. The topological polar surface area (TPSA) is 46.9 Å². The third-order valence-corrected chi connectivity index (χ3v) is 7.95. The number of hydrogen-bond donors (Lipinski definition) is 1. The maximum Gasteiger partial charge on any atom is 0.274 e. The van der Waals surface area contributed by atoms with E-state index in [2.05, 4.69) is 69.3 Å². The van der Waals surface area contributed by atoms with Crippen molar-refractivity contribution in [3.63, 3.8) is 0 Å². The van der Waals surface area contributed by atoms with Crippen molar-refractivity contribution in [2.24, 2.45) is 11.3 Å². The molecule has 0 bridgehead atoms. The molecule has 170 valence electrons. The summed E-state index contributed by atoms with van der Waals surface area (Å²) in [6.45, 7) is 17.9. The number of nitrogens with zero attached hydrogens (tertiary/aromatic N) is 2. The monoisotopic (exact) mass is 449 g/mol. The highest BCUT2D eigenvalue weighted by Gasteiger charge is 2.31. The van der Waals surface area contributed by atoms with Crippen LogP contribution >= 0.6 is 11.3 Å². The van der Waals surface area contributed by atoms with Gasteiger partial charge in [-0.1, -0.05) is 46.8 Å². The minimum Gasteiger partial charge on any atom is -0.332 e. The van der Waals surface area contributed by atoms with Gasteiger partial charge in [-0.3, -0.25) is 10.1 Å². The molecule has 32 heavy (non-hydrogen) atoms. The van der Waals surface area contributed by atoms with Gasteiger partial charge in [-0.15, -0.1) is 17.9 Å². The van der Waals surface area contributed by atoms with Crippen LogP contribution in [0.5, 0.6) is 0 Å². The summed E-state index contributed by atoms with van der Waals surface area (Å²) in [5.41, 5.74) is 5.52. The molecule has 0 radical (unpaired) electrons. The molecule has 0 saturated heterocycles. The number of anilines is 1. The standard InChI is InChI=1S/C27H35N3OS/c1-8-13-30-22-12-9-18(16(2)3)14-20(22)17(4)24(30)25(31)29-26-28-21-11-10-19(27(5,6)7)15-23(21)32-26/h8-9,12,14,16,19H,1,10-11,13,15H2,2-7H3,(H,28,29,31). The zero-order valence-electron chi connectivity index (χ0n) is 20.2. The number of aryl methyl sites for hydroxylation is 2. The van der Waals surface area contributed by atoms with Crippen molar-refractivity contribution >= 4 is 33.3 Å². The second-order valence-corrected chi connectivity index (χ2v) is 11.5. The van der Waals surface area contributed by atoms with Crippen molar-refractivity contribution in [2.45, 2.75) is 73.3 Å². The number of fused-ring (bicyclic) bond motifs is 2. The van der Waals surface area contributed by atoms with Crippen LogP contribution in [0.4, 0.5) is 5.13 Å². The molecular formula is C27H35N3OS. The van der Waals surface area contributed by atoms with Crippen LogP contribution in [0.3, 0.4) is 0 Å². The number of nitrogens with one attached hydrogen (secondary N) is 1. The van der Waals surface area contributed by atoms with Crippen LogP contribution < -0.4 is 5.32 Å². The molecule has 1 N–H and O–H groups in total. The molecule has 0 aliphatic heterocycles. The summed E-state index contributed by atoms with van der Waals surface area (Å²) in [5.74, 6) is 1.01. The number of hydrogen-bond acceptors (Lipinski definition) is 3. The Balaban J connectivity index is 1.66. The molecule has 1 unspecified atom stereocenters. The van der Waals surface area contributed by atoms with Gasteiger partial charge in [-0.2, -0.15) is 0 Å². The molecule has 4 rings (SSSR count). The first-order chi connectivity index (χ1) is 15.1. The molecule has 0 spiro atoms. The van der Waals surface area contributed by atoms with E-state index in [1.807, 2.05) is 13.0 Å². The molecule has 1 atom stereocenters. The molecule has 1 amide bonds. The number of carbonyl (C=O) groups excluding carboxylic acids is 1. The first kappa shape index (κ1) is 22.8. The van der Waals surface area contributed by atoms with Crippen LogP contribution in [-0.2, 0) is 19.4 Å². The third kappa shape index (κ3) is 4.15. The normalized spacial score (nSPS) is 16.4. The van der Waals surface area contributed by atoms with E-state index in [1.165, 1.54) is 16.9 Å². The van der Waals surface area contributed by atoms with Crippen molar-refractivity contribution in [1.29, 1.82) is 0 Å². The zero-order valence-corrected chi connectivity index (χ0v) is 21.0. The summed E-state index contributed by atoms with van der Waals surface area (Å²) in [5, 5.41) is 4.97. The Morgan fingerprint density at radius 1 is 1.38 bits per heavy atom. The van der Waals surface area contributed by atoms with Crippen LogP contribution in [0.25, 0.3) is 10.9 Å². The van der Waals surface area contributed by atoms with E-state index in [-0.39, 0.29) is 5.91 Å². The molecule has 1 aromatic carbocycles. The van der Waals surface area contributed by atoms with Crippen LogP contribution in [0.1, 0.15) is 79.1 Å². The van der Waals surface area contributed by atoms with Gasteiger partial charge in [0.1, 0.15) is 5.69 Å². The molecule has 1 aliphatic carbocycles. The highest BCUT2D eigenvalue weighted by molar-refractivity contribution is 7.15. The molecule has 5 heteroatoms. The smallest absolute Gasteiger partial charge is 0.274 e. The highest BCUT2D eigenvalue weighted by Crippen LogP contribution is 2.40. The number of carbonyl (C=O) groups is 1. The van der Waals surface area contributed by atoms with Gasteiger partial charge in [0.25, 0.3) is 5.91 Å². The number of rotatable bonds is 5. The van der Waals surface area contributed by atoms with Gasteiger partial charge in [0.2, 0.25) is 0 Å². The van der Waals surface area contributed by atoms with Gasteiger partial charge in [0.05, 0.1) is 5.69 Å². The lowest BCUT2D eigenvalue weighted by atomic mass is 9.73. The average Bonchev–Trinajstić information content (AvgIpc) is 3.25. The molecule has 4 nitrogen and oxygen atoms in total. The Labute approximate surface area is 195 Å². The summed E-state index contributed by atoms with van der Waals surface area (Å²) in [7, 11) is 0. The number of benzene rings is 1. The Morgan fingerprint density at radius 2 is 2.12 bits per heavy atom. The first-order valence-corrected chi connectivity index (χ1v) is 12.4. The molecule has 0 saturated carbocycles. The van der Waals surface area contributed by atoms with Crippen molar-refractivity contribution in [3.8, 4) is 0 Å². The summed E-state index contributed by atoms with van der Waals surface area (Å²) in [6, 6.07) is 6.52. The van der Waals surface area contributed by atoms with Crippen molar-refractivity contribution in [1.82, 2.24) is 9.55 Å². The summed E-state index contributed by atoms with van der Waals surface area (Å²) in [4.78, 5) is 19.6. The molecule has 1 aliphatic rings. The average molecular weight is 450 g/mol. The Bertz CT molecular complexity index is 1180. The van der Waals surface area contributed by atoms with E-state index in [0.717, 1.165) is 35.0 Å². The van der Waals surface area contributed by atoms with Crippen molar-refractivity contribution in [3.05, 3.63) is 58.2 Å². The largest absolute Gasteiger partial charge is 0.332 e. The lowest BCUT2D eigenvalue weighted by Crippen LogP contribution is -2.26. The molecule has 2 heterocycles. The van der Waals surface area contributed by atoms with Crippen LogP contribution in [0.15, 0.2) is 30.9 Å². The predicted molar refractivity (Wildman–Crippen MR) is 136 cm³/mol. The fraction of sp³-hybridized carbons (Fsp3) is 0.481. The molecule has 0 fully saturated rings. The van der Waals surface area contributed by atoms with E-state index in [0.29, 0.717) is 34.6 Å². The Morgan fingerprint density at radius 3 is 2.78 bits per heavy atom. The van der Waals surface area contributed by atoms with E-state index >= 15 is 0 Å². The highest BCUT2D eigenvalue weighted by atomic mass is 32.1. The van der Waals surface area contributed by atoms with Gasteiger partial charge in [0, 0.05) is 22.3 Å². The van der Waals surface area contributed by atoms with E-state index in [9.17, 15) is 4.79 Å². The van der Waals surface area contributed by atoms with Crippen molar-refractivity contribution < 1.29 is 4.79 Å². The zero-order chi connectivity index (χ0) is 23.2. The van der Waals surface area contributed by atoms with Gasteiger partial charge in [-0.05, 0) is 66.7 Å². The second kappa shape index (κ2) is 8.51. The Hall–Kier alpha value is -2.40. The number of aromatic nitrogens is 2. The summed E-state index contributed by atoms with van der Waals surface area (Å²) < 4.78 is 2.07. The van der Waals surface area contributed by atoms with Gasteiger partial charge in [-0.25, -0.2) is 4.98 Å². The van der Waals surface area contributed by atoms with Crippen LogP contribution in [-0.4, -0.2) is 15.5 Å². The van der Waals surface area contributed by atoms with Crippen LogP contribution in [0.2, 0.25) is 0 Å². The second-order valence-electron chi connectivity index (χ2n) is 10.5. The lowest BCUT2D eigenvalue weighted by molar-refractivity contribution is 0.101. The van der Waals surface area contributed by atoms with Gasteiger partial charge >= 0.3 is 0 Å². The fourth-order valence-electron chi connectivity index (χ4n) is 4.83. The first-order valence-electron chi connectivity index (χ1n) is 11.6. The van der Waals surface area contributed by atoms with Crippen LogP contribution in [0, 0.1) is 18.3 Å². The quantitative estimate of drug-likeness (QED) is 0.422. The third-order valence-electron chi connectivity index (χ3n) is 6.92. The maximum atomic E-state index is 13.5.